The molecule has 1 N–H and O–H groups in total. The molecule has 180 valence electrons. The van der Waals surface area contributed by atoms with Gasteiger partial charge in [-0.2, -0.15) is 0 Å². The van der Waals surface area contributed by atoms with E-state index in [1.165, 1.54) is 0 Å². The molecule has 0 saturated heterocycles. The van der Waals surface area contributed by atoms with E-state index in [1.54, 1.807) is 23.1 Å². The first-order valence-corrected chi connectivity index (χ1v) is 11.8. The first kappa shape index (κ1) is 23.2. The Kier molecular flexibility index (Phi) is 6.67. The third-order valence-electron chi connectivity index (χ3n) is 5.94. The van der Waals surface area contributed by atoms with E-state index in [-0.39, 0.29) is 25.0 Å². The van der Waals surface area contributed by atoms with Gasteiger partial charge in [-0.1, -0.05) is 54.6 Å². The molecular weight excluding hydrogens is 452 g/mol. The Morgan fingerprint density at radius 1 is 0.806 bits per heavy atom. The third kappa shape index (κ3) is 5.39. The van der Waals surface area contributed by atoms with Crippen LogP contribution in [0.25, 0.3) is 0 Å². The van der Waals surface area contributed by atoms with Crippen LogP contribution in [0.1, 0.15) is 27.0 Å². The number of aryl methyl sites for hydroxylation is 1. The van der Waals surface area contributed by atoms with Gasteiger partial charge in [0.2, 0.25) is 12.7 Å². The maximum Gasteiger partial charge on any atom is 0.258 e. The molecule has 4 aromatic carbocycles. The molecule has 0 saturated carbocycles. The summed E-state index contributed by atoms with van der Waals surface area (Å²) in [7, 11) is 0. The number of carbonyl (C=O) groups excluding carboxylic acids is 2. The van der Waals surface area contributed by atoms with Crippen molar-refractivity contribution >= 4 is 23.2 Å². The summed E-state index contributed by atoms with van der Waals surface area (Å²) in [5, 5.41) is 2.95. The predicted molar refractivity (Wildman–Crippen MR) is 139 cm³/mol. The van der Waals surface area contributed by atoms with Crippen LogP contribution in [0, 0.1) is 6.92 Å². The van der Waals surface area contributed by atoms with Crippen LogP contribution in [0.15, 0.2) is 97.1 Å². The third-order valence-corrected chi connectivity index (χ3v) is 5.94. The topological polar surface area (TPSA) is 67.9 Å². The summed E-state index contributed by atoms with van der Waals surface area (Å²) in [6.07, 6.45) is 0.194. The van der Waals surface area contributed by atoms with Crippen LogP contribution in [0.3, 0.4) is 0 Å². The minimum Gasteiger partial charge on any atom is -0.454 e. The van der Waals surface area contributed by atoms with Gasteiger partial charge < -0.3 is 19.7 Å². The number of nitrogens with zero attached hydrogens (tertiary/aromatic N) is 1. The quantitative estimate of drug-likeness (QED) is 0.367. The Bertz CT molecular complexity index is 1400. The molecule has 0 spiro atoms. The summed E-state index contributed by atoms with van der Waals surface area (Å²) < 4.78 is 10.9. The van der Waals surface area contributed by atoms with Crippen LogP contribution in [-0.4, -0.2) is 18.6 Å². The van der Waals surface area contributed by atoms with Gasteiger partial charge in [0.15, 0.2) is 11.5 Å². The van der Waals surface area contributed by atoms with E-state index >= 15 is 0 Å². The Hall–Kier alpha value is -4.58. The zero-order valence-corrected chi connectivity index (χ0v) is 19.9. The van der Waals surface area contributed by atoms with Gasteiger partial charge in [-0.3, -0.25) is 9.59 Å². The number of ether oxygens (including phenoxy) is 2. The van der Waals surface area contributed by atoms with E-state index in [0.717, 1.165) is 22.4 Å². The van der Waals surface area contributed by atoms with E-state index in [1.807, 2.05) is 85.8 Å². The lowest BCUT2D eigenvalue weighted by atomic mass is 10.1. The summed E-state index contributed by atoms with van der Waals surface area (Å²) in [5.41, 5.74) is 4.86. The number of amides is 2. The highest BCUT2D eigenvalue weighted by atomic mass is 16.7. The molecule has 5 rings (SSSR count). The van der Waals surface area contributed by atoms with Crippen molar-refractivity contribution in [1.82, 2.24) is 0 Å². The van der Waals surface area contributed by atoms with E-state index in [4.69, 9.17) is 9.47 Å². The van der Waals surface area contributed by atoms with Crippen molar-refractivity contribution in [3.8, 4) is 11.5 Å². The molecule has 0 aromatic heterocycles. The fourth-order valence-electron chi connectivity index (χ4n) is 4.18. The molecule has 0 aliphatic carbocycles. The molecule has 6 heteroatoms. The number of hydrogen-bond acceptors (Lipinski definition) is 4. The molecule has 0 bridgehead atoms. The zero-order valence-electron chi connectivity index (χ0n) is 19.9. The van der Waals surface area contributed by atoms with Gasteiger partial charge in [0.05, 0.1) is 13.0 Å². The second-order valence-electron chi connectivity index (χ2n) is 8.71. The van der Waals surface area contributed by atoms with Crippen LogP contribution in [-0.2, 0) is 17.8 Å². The number of nitrogens with one attached hydrogen (secondary N) is 1. The number of rotatable bonds is 7. The van der Waals surface area contributed by atoms with Crippen LogP contribution in [0.2, 0.25) is 0 Å². The minimum atomic E-state index is -0.168. The molecule has 2 amide bonds. The molecular formula is C30H26N2O4. The Labute approximate surface area is 210 Å². The number of anilines is 2. The largest absolute Gasteiger partial charge is 0.454 e. The SMILES string of the molecule is Cc1cccc(NC(=O)Cc2cccc(N(Cc3ccccc3)C(=O)c3ccc4c(c3)OCO4)c2)c1. The van der Waals surface area contributed by atoms with Crippen molar-refractivity contribution < 1.29 is 19.1 Å². The summed E-state index contributed by atoms with van der Waals surface area (Å²) in [5.74, 6) is 0.901. The van der Waals surface area contributed by atoms with Crippen molar-refractivity contribution in [2.75, 3.05) is 17.0 Å². The number of carbonyl (C=O) groups is 2. The average Bonchev–Trinajstić information content (AvgIpc) is 3.36. The van der Waals surface area contributed by atoms with Gasteiger partial charge in [-0.25, -0.2) is 0 Å². The number of benzene rings is 4. The first-order valence-electron chi connectivity index (χ1n) is 11.8. The van der Waals surface area contributed by atoms with Crippen LogP contribution in [0.5, 0.6) is 11.5 Å². The minimum absolute atomic E-state index is 0.116. The smallest absolute Gasteiger partial charge is 0.258 e. The Balaban J connectivity index is 1.40. The molecule has 0 radical (unpaired) electrons. The number of hydrogen-bond donors (Lipinski definition) is 1. The normalized spacial score (nSPS) is 11.7. The molecule has 0 unspecified atom stereocenters. The fourth-order valence-corrected chi connectivity index (χ4v) is 4.18. The van der Waals surface area contributed by atoms with Crippen LogP contribution < -0.4 is 19.7 Å². The van der Waals surface area contributed by atoms with Crippen molar-refractivity contribution in [3.63, 3.8) is 0 Å². The molecule has 1 aliphatic heterocycles. The summed E-state index contributed by atoms with van der Waals surface area (Å²) in [6.45, 7) is 2.51. The molecule has 0 atom stereocenters. The predicted octanol–water partition coefficient (Wildman–Crippen LogP) is 5.75. The van der Waals surface area contributed by atoms with Crippen molar-refractivity contribution in [2.24, 2.45) is 0 Å². The highest BCUT2D eigenvalue weighted by molar-refractivity contribution is 6.06. The highest BCUT2D eigenvalue weighted by Gasteiger charge is 2.22. The van der Waals surface area contributed by atoms with Gasteiger partial charge in [0.1, 0.15) is 0 Å². The Morgan fingerprint density at radius 3 is 2.42 bits per heavy atom. The molecule has 1 heterocycles. The van der Waals surface area contributed by atoms with E-state index < -0.39 is 0 Å². The number of fused-ring (bicyclic) bond motifs is 1. The first-order chi connectivity index (χ1) is 17.5. The fraction of sp³-hybridized carbons (Fsp3) is 0.133. The lowest BCUT2D eigenvalue weighted by Gasteiger charge is -2.24. The average molecular weight is 479 g/mol. The summed E-state index contributed by atoms with van der Waals surface area (Å²) >= 11 is 0. The summed E-state index contributed by atoms with van der Waals surface area (Å²) in [6, 6.07) is 30.3. The molecule has 36 heavy (non-hydrogen) atoms. The maximum atomic E-state index is 13.7. The molecule has 0 fully saturated rings. The van der Waals surface area contributed by atoms with Gasteiger partial charge >= 0.3 is 0 Å². The van der Waals surface area contributed by atoms with Gasteiger partial charge in [0, 0.05) is 16.9 Å². The van der Waals surface area contributed by atoms with E-state index in [9.17, 15) is 9.59 Å². The van der Waals surface area contributed by atoms with Crippen LogP contribution >= 0.6 is 0 Å². The molecule has 6 nitrogen and oxygen atoms in total. The molecule has 1 aliphatic rings. The monoisotopic (exact) mass is 478 g/mol. The lowest BCUT2D eigenvalue weighted by Crippen LogP contribution is -2.30. The standard InChI is InChI=1S/C30H26N2O4/c1-21-7-5-11-25(15-21)31-29(33)17-23-10-6-12-26(16-23)32(19-22-8-3-2-4-9-22)30(34)24-13-14-27-28(18-24)36-20-35-27/h2-16,18H,17,19-20H2,1H3,(H,31,33). The van der Waals surface area contributed by atoms with Crippen molar-refractivity contribution in [2.45, 2.75) is 19.9 Å². The second-order valence-corrected chi connectivity index (χ2v) is 8.71. The highest BCUT2D eigenvalue weighted by Crippen LogP contribution is 2.33. The maximum absolute atomic E-state index is 13.7. The molecule has 4 aromatic rings. The van der Waals surface area contributed by atoms with Crippen molar-refractivity contribution in [1.29, 1.82) is 0 Å². The Morgan fingerprint density at radius 2 is 1.58 bits per heavy atom. The van der Waals surface area contributed by atoms with Crippen molar-refractivity contribution in [3.05, 3.63) is 119 Å². The van der Waals surface area contributed by atoms with Gasteiger partial charge in [0.25, 0.3) is 5.91 Å². The van der Waals surface area contributed by atoms with E-state index in [2.05, 4.69) is 5.32 Å². The second kappa shape index (κ2) is 10.4. The summed E-state index contributed by atoms with van der Waals surface area (Å²) in [4.78, 5) is 28.1. The van der Waals surface area contributed by atoms with Gasteiger partial charge in [-0.05, 0) is 66.1 Å². The van der Waals surface area contributed by atoms with Gasteiger partial charge in [-0.15, -0.1) is 0 Å². The lowest BCUT2D eigenvalue weighted by molar-refractivity contribution is -0.115. The van der Waals surface area contributed by atoms with E-state index in [0.29, 0.717) is 29.3 Å². The van der Waals surface area contributed by atoms with Crippen LogP contribution in [0.4, 0.5) is 11.4 Å². The zero-order chi connectivity index (χ0) is 24.9.